The van der Waals surface area contributed by atoms with Gasteiger partial charge in [-0.3, -0.25) is 0 Å². The standard InChI is InChI=1S/C14H24N2O4/c1-4-20-11-8-10(14(11,2)3)15-13(19)16-7-5-6-9(16)12(17)18/h9-11H,4-8H2,1-3H3,(H,15,19)(H,17,18)/t9-,10?,11?/m1/s1. The van der Waals surface area contributed by atoms with Gasteiger partial charge in [-0.1, -0.05) is 13.8 Å². The predicted molar refractivity (Wildman–Crippen MR) is 73.5 cm³/mol. The molecule has 1 aliphatic carbocycles. The zero-order valence-electron chi connectivity index (χ0n) is 12.4. The van der Waals surface area contributed by atoms with Crippen LogP contribution in [0.3, 0.4) is 0 Å². The van der Waals surface area contributed by atoms with E-state index in [0.29, 0.717) is 19.6 Å². The minimum Gasteiger partial charge on any atom is -0.480 e. The molecule has 6 heteroatoms. The van der Waals surface area contributed by atoms with E-state index in [-0.39, 0.29) is 23.6 Å². The van der Waals surface area contributed by atoms with Crippen LogP contribution in [0.15, 0.2) is 0 Å². The van der Waals surface area contributed by atoms with Crippen molar-refractivity contribution in [2.75, 3.05) is 13.2 Å². The van der Waals surface area contributed by atoms with Crippen LogP contribution in [0.4, 0.5) is 4.79 Å². The van der Waals surface area contributed by atoms with Crippen molar-refractivity contribution >= 4 is 12.0 Å². The molecule has 2 rings (SSSR count). The van der Waals surface area contributed by atoms with Gasteiger partial charge in [0.15, 0.2) is 0 Å². The summed E-state index contributed by atoms with van der Waals surface area (Å²) in [5, 5.41) is 12.1. The molecular formula is C14H24N2O4. The summed E-state index contributed by atoms with van der Waals surface area (Å²) in [6.07, 6.45) is 2.24. The molecule has 1 aliphatic heterocycles. The molecule has 2 aliphatic rings. The van der Waals surface area contributed by atoms with Crippen LogP contribution in [0.1, 0.15) is 40.0 Å². The van der Waals surface area contributed by atoms with Crippen LogP contribution in [0.5, 0.6) is 0 Å². The number of hydrogen-bond donors (Lipinski definition) is 2. The van der Waals surface area contributed by atoms with Gasteiger partial charge in [0.1, 0.15) is 6.04 Å². The summed E-state index contributed by atoms with van der Waals surface area (Å²) >= 11 is 0. The summed E-state index contributed by atoms with van der Waals surface area (Å²) < 4.78 is 5.63. The van der Waals surface area contributed by atoms with Gasteiger partial charge in [-0.15, -0.1) is 0 Å². The molecule has 0 spiro atoms. The summed E-state index contributed by atoms with van der Waals surface area (Å²) in [7, 11) is 0. The largest absolute Gasteiger partial charge is 0.480 e. The normalized spacial score (nSPS) is 31.8. The first-order chi connectivity index (χ1) is 9.37. The SMILES string of the molecule is CCOC1CC(NC(=O)N2CCC[C@@H]2C(=O)O)C1(C)C. The summed E-state index contributed by atoms with van der Waals surface area (Å²) in [6, 6.07) is -0.898. The number of nitrogens with zero attached hydrogens (tertiary/aromatic N) is 1. The molecule has 114 valence electrons. The molecule has 1 saturated heterocycles. The van der Waals surface area contributed by atoms with Crippen molar-refractivity contribution in [2.24, 2.45) is 5.41 Å². The zero-order valence-corrected chi connectivity index (χ0v) is 12.4. The number of aliphatic carboxylic acids is 1. The average Bonchev–Trinajstić information content (AvgIpc) is 2.86. The Morgan fingerprint density at radius 1 is 1.45 bits per heavy atom. The maximum absolute atomic E-state index is 12.2. The molecule has 1 heterocycles. The van der Waals surface area contributed by atoms with Crippen molar-refractivity contribution in [1.82, 2.24) is 10.2 Å². The number of likely N-dealkylation sites (tertiary alicyclic amines) is 1. The van der Waals surface area contributed by atoms with E-state index in [1.165, 1.54) is 4.90 Å². The van der Waals surface area contributed by atoms with Crippen LogP contribution in [-0.2, 0) is 9.53 Å². The number of urea groups is 1. The number of nitrogens with one attached hydrogen (secondary N) is 1. The quantitative estimate of drug-likeness (QED) is 0.819. The van der Waals surface area contributed by atoms with E-state index in [1.807, 2.05) is 6.92 Å². The molecular weight excluding hydrogens is 260 g/mol. The maximum Gasteiger partial charge on any atom is 0.326 e. The van der Waals surface area contributed by atoms with Crippen molar-refractivity contribution in [2.45, 2.75) is 58.2 Å². The molecule has 2 amide bonds. The van der Waals surface area contributed by atoms with Crippen LogP contribution in [0.2, 0.25) is 0 Å². The molecule has 3 atom stereocenters. The molecule has 2 N–H and O–H groups in total. The number of carbonyl (C=O) groups excluding carboxylic acids is 1. The molecule has 2 unspecified atom stereocenters. The molecule has 0 radical (unpaired) electrons. The van der Waals surface area contributed by atoms with Crippen molar-refractivity contribution in [3.05, 3.63) is 0 Å². The van der Waals surface area contributed by atoms with E-state index in [4.69, 9.17) is 9.84 Å². The first-order valence-electron chi connectivity index (χ1n) is 7.29. The summed E-state index contributed by atoms with van der Waals surface area (Å²) in [5.41, 5.74) is -0.107. The van der Waals surface area contributed by atoms with Crippen molar-refractivity contribution in [3.8, 4) is 0 Å². The first-order valence-corrected chi connectivity index (χ1v) is 7.29. The second kappa shape index (κ2) is 5.60. The molecule has 0 aromatic carbocycles. The third-order valence-corrected chi connectivity index (χ3v) is 4.64. The van der Waals surface area contributed by atoms with E-state index in [0.717, 1.165) is 12.8 Å². The lowest BCUT2D eigenvalue weighted by Gasteiger charge is -2.51. The van der Waals surface area contributed by atoms with Gasteiger partial charge < -0.3 is 20.1 Å². The van der Waals surface area contributed by atoms with E-state index in [1.54, 1.807) is 0 Å². The number of carboxylic acid groups (broad SMARTS) is 1. The average molecular weight is 284 g/mol. The van der Waals surface area contributed by atoms with E-state index < -0.39 is 12.0 Å². The van der Waals surface area contributed by atoms with Crippen LogP contribution < -0.4 is 5.32 Å². The smallest absolute Gasteiger partial charge is 0.326 e. The number of rotatable bonds is 4. The van der Waals surface area contributed by atoms with Gasteiger partial charge in [0.2, 0.25) is 0 Å². The monoisotopic (exact) mass is 284 g/mol. The van der Waals surface area contributed by atoms with Crippen LogP contribution in [0, 0.1) is 5.41 Å². The highest BCUT2D eigenvalue weighted by atomic mass is 16.5. The Morgan fingerprint density at radius 2 is 2.15 bits per heavy atom. The van der Waals surface area contributed by atoms with Crippen molar-refractivity contribution in [1.29, 1.82) is 0 Å². The minimum atomic E-state index is -0.919. The lowest BCUT2D eigenvalue weighted by atomic mass is 9.64. The van der Waals surface area contributed by atoms with Crippen LogP contribution in [0.25, 0.3) is 0 Å². The Balaban J connectivity index is 1.91. The van der Waals surface area contributed by atoms with Gasteiger partial charge in [0.05, 0.1) is 6.10 Å². The van der Waals surface area contributed by atoms with Crippen LogP contribution >= 0.6 is 0 Å². The molecule has 20 heavy (non-hydrogen) atoms. The molecule has 0 bridgehead atoms. The minimum absolute atomic E-state index is 0.0431. The summed E-state index contributed by atoms with van der Waals surface area (Å²) in [6.45, 7) is 7.29. The fourth-order valence-electron chi connectivity index (χ4n) is 3.11. The van der Waals surface area contributed by atoms with Crippen molar-refractivity contribution < 1.29 is 19.4 Å². The summed E-state index contributed by atoms with van der Waals surface area (Å²) in [5.74, 6) is -0.919. The molecule has 2 fully saturated rings. The lowest BCUT2D eigenvalue weighted by molar-refractivity contribution is -0.141. The van der Waals surface area contributed by atoms with Crippen molar-refractivity contribution in [3.63, 3.8) is 0 Å². The third kappa shape index (κ3) is 2.61. The van der Waals surface area contributed by atoms with E-state index in [2.05, 4.69) is 19.2 Å². The molecule has 0 aromatic rings. The third-order valence-electron chi connectivity index (χ3n) is 4.64. The number of amides is 2. The molecule has 1 saturated carbocycles. The first kappa shape index (κ1) is 15.1. The highest BCUT2D eigenvalue weighted by molar-refractivity contribution is 5.83. The fourth-order valence-corrected chi connectivity index (χ4v) is 3.11. The van der Waals surface area contributed by atoms with Gasteiger partial charge in [-0.05, 0) is 26.2 Å². The Labute approximate surface area is 119 Å². The summed E-state index contributed by atoms with van der Waals surface area (Å²) in [4.78, 5) is 24.8. The zero-order chi connectivity index (χ0) is 14.9. The lowest BCUT2D eigenvalue weighted by Crippen LogP contribution is -2.64. The van der Waals surface area contributed by atoms with Gasteiger partial charge in [0, 0.05) is 24.6 Å². The highest BCUT2D eigenvalue weighted by Crippen LogP contribution is 2.42. The Morgan fingerprint density at radius 3 is 2.70 bits per heavy atom. The van der Waals surface area contributed by atoms with Gasteiger partial charge >= 0.3 is 12.0 Å². The molecule has 0 aromatic heterocycles. The number of carbonyl (C=O) groups is 2. The second-order valence-corrected chi connectivity index (χ2v) is 6.19. The number of ether oxygens (including phenoxy) is 1. The van der Waals surface area contributed by atoms with Crippen LogP contribution in [-0.4, -0.2) is 53.3 Å². The Hall–Kier alpha value is -1.30. The predicted octanol–water partition coefficient (Wildman–Crippen LogP) is 1.45. The number of carboxylic acids is 1. The Bertz CT molecular complexity index is 397. The molecule has 6 nitrogen and oxygen atoms in total. The second-order valence-electron chi connectivity index (χ2n) is 6.19. The highest BCUT2D eigenvalue weighted by Gasteiger charge is 2.50. The number of hydrogen-bond acceptors (Lipinski definition) is 3. The van der Waals surface area contributed by atoms with Gasteiger partial charge in [-0.2, -0.15) is 0 Å². The van der Waals surface area contributed by atoms with E-state index >= 15 is 0 Å². The van der Waals surface area contributed by atoms with Gasteiger partial charge in [0.25, 0.3) is 0 Å². The fraction of sp³-hybridized carbons (Fsp3) is 0.857. The van der Waals surface area contributed by atoms with E-state index in [9.17, 15) is 9.59 Å². The Kier molecular flexibility index (Phi) is 4.22. The topological polar surface area (TPSA) is 78.9 Å². The maximum atomic E-state index is 12.2. The van der Waals surface area contributed by atoms with Gasteiger partial charge in [-0.25, -0.2) is 9.59 Å².